The first-order valence-corrected chi connectivity index (χ1v) is 8.36. The van der Waals surface area contributed by atoms with Crippen LogP contribution in [0, 0.1) is 6.92 Å². The molecule has 2 aromatic carbocycles. The lowest BCUT2D eigenvalue weighted by molar-refractivity contribution is 0.601. The molecule has 0 aliphatic rings. The average molecular weight is 366 g/mol. The summed E-state index contributed by atoms with van der Waals surface area (Å²) < 4.78 is 27.3. The van der Waals surface area contributed by atoms with Gasteiger partial charge >= 0.3 is 0 Å². The van der Waals surface area contributed by atoms with E-state index in [1.165, 1.54) is 18.2 Å². The third-order valence-electron chi connectivity index (χ3n) is 2.75. The fourth-order valence-corrected chi connectivity index (χ4v) is 4.05. The number of hydrogen-bond acceptors (Lipinski definition) is 3. The molecule has 0 amide bonds. The van der Waals surface area contributed by atoms with Crippen molar-refractivity contribution in [1.29, 1.82) is 0 Å². The van der Waals surface area contributed by atoms with Gasteiger partial charge in [0.15, 0.2) is 0 Å². The Morgan fingerprint density at radius 3 is 2.33 bits per heavy atom. The average Bonchev–Trinajstić information content (AvgIpc) is 2.31. The number of rotatable bonds is 3. The number of anilines is 2. The van der Waals surface area contributed by atoms with Crippen LogP contribution in [0.3, 0.4) is 0 Å². The minimum Gasteiger partial charge on any atom is -0.398 e. The van der Waals surface area contributed by atoms with Crippen LogP contribution in [0.15, 0.2) is 35.2 Å². The van der Waals surface area contributed by atoms with E-state index in [2.05, 4.69) is 4.72 Å². The van der Waals surface area contributed by atoms with E-state index < -0.39 is 10.0 Å². The first kappa shape index (κ1) is 16.2. The van der Waals surface area contributed by atoms with Crippen molar-refractivity contribution in [2.75, 3.05) is 10.5 Å². The monoisotopic (exact) mass is 364 g/mol. The minimum absolute atomic E-state index is 0.0281. The fraction of sp³-hybridized carbons (Fsp3) is 0.0769. The third-order valence-corrected chi connectivity index (χ3v) is 5.09. The van der Waals surface area contributed by atoms with Crippen molar-refractivity contribution in [2.45, 2.75) is 11.8 Å². The lowest BCUT2D eigenvalue weighted by Gasteiger charge is -2.14. The van der Waals surface area contributed by atoms with Gasteiger partial charge in [-0.1, -0.05) is 40.9 Å². The molecule has 2 aromatic rings. The summed E-state index contributed by atoms with van der Waals surface area (Å²) in [5.74, 6) is 0. The molecule has 0 heterocycles. The molecule has 0 fully saturated rings. The van der Waals surface area contributed by atoms with Gasteiger partial charge in [0.1, 0.15) is 4.90 Å². The molecule has 0 bridgehead atoms. The molecular formula is C13H11Cl3N2O2S. The highest BCUT2D eigenvalue weighted by molar-refractivity contribution is 7.93. The maximum atomic E-state index is 12.5. The smallest absolute Gasteiger partial charge is 0.265 e. The van der Waals surface area contributed by atoms with E-state index >= 15 is 0 Å². The Bertz CT molecular complexity index is 784. The molecule has 8 heteroatoms. The van der Waals surface area contributed by atoms with E-state index in [1.54, 1.807) is 19.1 Å². The topological polar surface area (TPSA) is 72.2 Å². The Labute approximate surface area is 137 Å². The van der Waals surface area contributed by atoms with Crippen molar-refractivity contribution < 1.29 is 8.42 Å². The Balaban J connectivity index is 2.51. The molecule has 0 radical (unpaired) electrons. The van der Waals surface area contributed by atoms with Crippen LogP contribution in [0.5, 0.6) is 0 Å². The van der Waals surface area contributed by atoms with Gasteiger partial charge in [-0.25, -0.2) is 8.42 Å². The van der Waals surface area contributed by atoms with Crippen LogP contribution < -0.4 is 10.5 Å². The molecule has 4 nitrogen and oxygen atoms in total. The first-order chi connectivity index (χ1) is 9.70. The number of sulfonamides is 1. The zero-order chi connectivity index (χ0) is 15.8. The van der Waals surface area contributed by atoms with Gasteiger partial charge in [0, 0.05) is 10.0 Å². The van der Waals surface area contributed by atoms with Crippen molar-refractivity contribution in [3.8, 4) is 0 Å². The van der Waals surface area contributed by atoms with Gasteiger partial charge in [0.25, 0.3) is 10.0 Å². The second kappa shape index (κ2) is 5.93. The largest absolute Gasteiger partial charge is 0.398 e. The highest BCUT2D eigenvalue weighted by atomic mass is 35.5. The van der Waals surface area contributed by atoms with E-state index in [0.29, 0.717) is 16.3 Å². The number of nitrogens with two attached hydrogens (primary N) is 1. The number of aryl methyl sites for hydroxylation is 1. The summed E-state index contributed by atoms with van der Waals surface area (Å²) in [6, 6.07) is 7.52. The van der Waals surface area contributed by atoms with E-state index in [0.717, 1.165) is 0 Å². The molecule has 0 saturated heterocycles. The van der Waals surface area contributed by atoms with Crippen LogP contribution >= 0.6 is 34.8 Å². The van der Waals surface area contributed by atoms with Crippen molar-refractivity contribution in [2.24, 2.45) is 0 Å². The van der Waals surface area contributed by atoms with Crippen LogP contribution in [0.4, 0.5) is 11.4 Å². The summed E-state index contributed by atoms with van der Waals surface area (Å²) in [5.41, 5.74) is 6.76. The highest BCUT2D eigenvalue weighted by Crippen LogP contribution is 2.33. The Hall–Kier alpha value is -1.14. The maximum absolute atomic E-state index is 12.5. The predicted molar refractivity (Wildman–Crippen MR) is 87.9 cm³/mol. The number of benzene rings is 2. The third kappa shape index (κ3) is 3.55. The van der Waals surface area contributed by atoms with Gasteiger partial charge in [0.05, 0.1) is 16.4 Å². The van der Waals surface area contributed by atoms with E-state index in [-0.39, 0.29) is 20.6 Å². The summed E-state index contributed by atoms with van der Waals surface area (Å²) in [7, 11) is -3.95. The standard InChI is InChI=1S/C13H11Cl3N2O2S/c1-7-2-3-8(14)6-12(7)18-21(19,20)13-10(16)4-9(15)5-11(13)17/h2-6,18H,17H2,1H3. The quantitative estimate of drug-likeness (QED) is 0.795. The fourth-order valence-electron chi connectivity index (χ4n) is 1.76. The molecule has 21 heavy (non-hydrogen) atoms. The lowest BCUT2D eigenvalue weighted by atomic mass is 10.2. The molecule has 0 aromatic heterocycles. The van der Waals surface area contributed by atoms with Crippen molar-refractivity contribution in [3.05, 3.63) is 51.0 Å². The number of nitrogen functional groups attached to an aromatic ring is 1. The number of hydrogen-bond donors (Lipinski definition) is 2. The molecule has 112 valence electrons. The predicted octanol–water partition coefficient (Wildman–Crippen LogP) is 4.34. The van der Waals surface area contributed by atoms with Crippen molar-refractivity contribution in [1.82, 2.24) is 0 Å². The second-order valence-corrected chi connectivity index (χ2v) is 7.27. The zero-order valence-electron chi connectivity index (χ0n) is 10.8. The van der Waals surface area contributed by atoms with Gasteiger partial charge in [-0.05, 0) is 36.8 Å². The van der Waals surface area contributed by atoms with Gasteiger partial charge < -0.3 is 5.73 Å². The van der Waals surface area contributed by atoms with E-state index in [1.807, 2.05) is 0 Å². The van der Waals surface area contributed by atoms with Crippen LogP contribution in [-0.2, 0) is 10.0 Å². The second-order valence-electron chi connectivity index (χ2n) is 4.37. The number of halogens is 3. The normalized spacial score (nSPS) is 11.4. The summed E-state index contributed by atoms with van der Waals surface area (Å²) in [5, 5.41) is 0.621. The molecule has 3 N–H and O–H groups in total. The molecule has 0 aliphatic heterocycles. The molecule has 2 rings (SSSR count). The van der Waals surface area contributed by atoms with Crippen molar-refractivity contribution >= 4 is 56.2 Å². The molecule has 0 saturated carbocycles. The van der Waals surface area contributed by atoms with E-state index in [9.17, 15) is 8.42 Å². The first-order valence-electron chi connectivity index (χ1n) is 5.74. The Kier molecular flexibility index (Phi) is 4.58. The molecule has 0 spiro atoms. The van der Waals surface area contributed by atoms with E-state index in [4.69, 9.17) is 40.5 Å². The van der Waals surface area contributed by atoms with Crippen LogP contribution in [0.2, 0.25) is 15.1 Å². The Morgan fingerprint density at radius 1 is 1.05 bits per heavy atom. The summed E-state index contributed by atoms with van der Waals surface area (Å²) in [6.07, 6.45) is 0. The summed E-state index contributed by atoms with van der Waals surface area (Å²) in [4.78, 5) is -0.215. The molecule has 0 atom stereocenters. The van der Waals surface area contributed by atoms with Crippen LogP contribution in [0.1, 0.15) is 5.56 Å². The number of nitrogens with one attached hydrogen (secondary N) is 1. The Morgan fingerprint density at radius 2 is 1.71 bits per heavy atom. The molecular weight excluding hydrogens is 355 g/mol. The van der Waals surface area contributed by atoms with Crippen LogP contribution in [0.25, 0.3) is 0 Å². The van der Waals surface area contributed by atoms with Gasteiger partial charge in [-0.2, -0.15) is 0 Å². The summed E-state index contributed by atoms with van der Waals surface area (Å²) >= 11 is 17.6. The highest BCUT2D eigenvalue weighted by Gasteiger charge is 2.22. The maximum Gasteiger partial charge on any atom is 0.265 e. The SMILES string of the molecule is Cc1ccc(Cl)cc1NS(=O)(=O)c1c(N)cc(Cl)cc1Cl. The zero-order valence-corrected chi connectivity index (χ0v) is 13.9. The molecule has 0 unspecified atom stereocenters. The summed E-state index contributed by atoms with van der Waals surface area (Å²) in [6.45, 7) is 1.75. The van der Waals surface area contributed by atoms with Crippen LogP contribution in [-0.4, -0.2) is 8.42 Å². The minimum atomic E-state index is -3.95. The van der Waals surface area contributed by atoms with Crippen molar-refractivity contribution in [3.63, 3.8) is 0 Å². The lowest BCUT2D eigenvalue weighted by Crippen LogP contribution is -2.16. The molecule has 0 aliphatic carbocycles. The van der Waals surface area contributed by atoms with Gasteiger partial charge in [-0.3, -0.25) is 4.72 Å². The van der Waals surface area contributed by atoms with Gasteiger partial charge in [-0.15, -0.1) is 0 Å². The van der Waals surface area contributed by atoms with Gasteiger partial charge in [0.2, 0.25) is 0 Å².